The number of nitrogens with zero attached hydrogens (tertiary/aromatic N) is 1. The highest BCUT2D eigenvalue weighted by Crippen LogP contribution is 2.34. The zero-order valence-electron chi connectivity index (χ0n) is 17.1. The molecule has 0 bridgehead atoms. The Hall–Kier alpha value is -2.66. The number of amides is 1. The molecule has 0 saturated heterocycles. The number of carbonyl (C=O) groups is 2. The molecule has 2 aromatic heterocycles. The molecule has 0 aliphatic heterocycles. The lowest BCUT2D eigenvalue weighted by atomic mass is 10.1. The number of anilines is 1. The van der Waals surface area contributed by atoms with Crippen molar-refractivity contribution in [3.05, 3.63) is 52.0 Å². The fourth-order valence-electron chi connectivity index (χ4n) is 2.96. The fraction of sp³-hybridized carbons (Fsp3) is 0.250. The van der Waals surface area contributed by atoms with Gasteiger partial charge in [0.2, 0.25) is 5.78 Å². The summed E-state index contributed by atoms with van der Waals surface area (Å²) in [5, 5.41) is 3.16. The third-order valence-corrected chi connectivity index (χ3v) is 5.56. The molecule has 12 heteroatoms. The minimum atomic E-state index is -3.88. The fourth-order valence-corrected chi connectivity index (χ4v) is 4.06. The number of pyridine rings is 1. The maximum atomic E-state index is 13.0. The molecule has 170 valence electrons. The van der Waals surface area contributed by atoms with Gasteiger partial charge in [-0.2, -0.15) is 8.42 Å². The SMILES string of the molecule is CCC(OS(C)(=O)=O)C(=O)c1cc2c(C(=O)Nc3c(Cl)cncc3Cl)ccc(OC)c2o1. The zero-order valence-corrected chi connectivity index (χ0v) is 19.5. The Morgan fingerprint density at radius 1 is 1.22 bits per heavy atom. The quantitative estimate of drug-likeness (QED) is 0.357. The summed E-state index contributed by atoms with van der Waals surface area (Å²) in [6.07, 6.45) is 2.32. The summed E-state index contributed by atoms with van der Waals surface area (Å²) in [5.74, 6) is -1.18. The van der Waals surface area contributed by atoms with Gasteiger partial charge in [-0.05, 0) is 24.6 Å². The molecule has 3 rings (SSSR count). The number of ether oxygens (including phenoxy) is 1. The van der Waals surface area contributed by atoms with Crippen molar-refractivity contribution in [2.75, 3.05) is 18.7 Å². The standard InChI is InChI=1S/C20H18Cl2N2O7S/c1-4-14(31-32(3,27)28)18(25)16-7-11-10(5-6-15(29-2)19(11)30-16)20(26)24-17-12(21)8-23-9-13(17)22/h5-9,14H,4H2,1-3H3,(H,23,24,26). The molecule has 1 aromatic carbocycles. The molecule has 3 aromatic rings. The number of hydrogen-bond donors (Lipinski definition) is 1. The monoisotopic (exact) mass is 500 g/mol. The smallest absolute Gasteiger partial charge is 0.265 e. The van der Waals surface area contributed by atoms with Gasteiger partial charge in [-0.25, -0.2) is 0 Å². The number of fused-ring (bicyclic) bond motifs is 1. The van der Waals surface area contributed by atoms with E-state index in [1.54, 1.807) is 6.92 Å². The summed E-state index contributed by atoms with van der Waals surface area (Å²) < 4.78 is 38.7. The van der Waals surface area contributed by atoms with Gasteiger partial charge in [0, 0.05) is 17.8 Å². The van der Waals surface area contributed by atoms with Crippen molar-refractivity contribution in [3.63, 3.8) is 0 Å². The summed E-state index contributed by atoms with van der Waals surface area (Å²) >= 11 is 12.1. The molecule has 0 saturated carbocycles. The van der Waals surface area contributed by atoms with Crippen molar-refractivity contribution in [3.8, 4) is 5.75 Å². The van der Waals surface area contributed by atoms with Crippen LogP contribution in [0.4, 0.5) is 5.69 Å². The van der Waals surface area contributed by atoms with Gasteiger partial charge < -0.3 is 14.5 Å². The zero-order chi connectivity index (χ0) is 23.6. The Kier molecular flexibility index (Phi) is 7.09. The molecule has 1 N–H and O–H groups in total. The van der Waals surface area contributed by atoms with E-state index in [-0.39, 0.29) is 50.2 Å². The number of benzene rings is 1. The number of aromatic nitrogens is 1. The summed E-state index contributed by atoms with van der Waals surface area (Å²) in [6, 6.07) is 4.31. The van der Waals surface area contributed by atoms with Crippen LogP contribution >= 0.6 is 23.2 Å². The molecule has 1 atom stereocenters. The Balaban J connectivity index is 2.05. The lowest BCUT2D eigenvalue weighted by molar-refractivity contribution is 0.0770. The predicted molar refractivity (Wildman–Crippen MR) is 119 cm³/mol. The van der Waals surface area contributed by atoms with E-state index in [2.05, 4.69) is 10.3 Å². The molecule has 0 aliphatic carbocycles. The lowest BCUT2D eigenvalue weighted by Crippen LogP contribution is -2.26. The number of nitrogens with one attached hydrogen (secondary N) is 1. The maximum Gasteiger partial charge on any atom is 0.265 e. The van der Waals surface area contributed by atoms with Crippen LogP contribution in [0, 0.1) is 0 Å². The van der Waals surface area contributed by atoms with Crippen LogP contribution < -0.4 is 10.1 Å². The van der Waals surface area contributed by atoms with E-state index in [9.17, 15) is 18.0 Å². The second kappa shape index (κ2) is 9.45. The highest BCUT2D eigenvalue weighted by Gasteiger charge is 2.28. The number of halogens is 2. The minimum absolute atomic E-state index is 0.0897. The predicted octanol–water partition coefficient (Wildman–Crippen LogP) is 4.33. The number of rotatable bonds is 8. The van der Waals surface area contributed by atoms with Gasteiger partial charge in [0.15, 0.2) is 17.1 Å². The number of hydrogen-bond acceptors (Lipinski definition) is 8. The van der Waals surface area contributed by atoms with Gasteiger partial charge in [-0.3, -0.25) is 18.8 Å². The topological polar surface area (TPSA) is 125 Å². The summed E-state index contributed by atoms with van der Waals surface area (Å²) in [4.78, 5) is 29.6. The first kappa shape index (κ1) is 24.0. The highest BCUT2D eigenvalue weighted by atomic mass is 35.5. The lowest BCUT2D eigenvalue weighted by Gasteiger charge is -2.11. The van der Waals surface area contributed by atoms with E-state index in [1.165, 1.54) is 37.7 Å². The van der Waals surface area contributed by atoms with Crippen LogP contribution in [-0.4, -0.2) is 44.6 Å². The normalized spacial score (nSPS) is 12.5. The van der Waals surface area contributed by atoms with Crippen molar-refractivity contribution < 1.29 is 31.3 Å². The van der Waals surface area contributed by atoms with Crippen LogP contribution in [0.25, 0.3) is 11.0 Å². The minimum Gasteiger partial charge on any atom is -0.493 e. The van der Waals surface area contributed by atoms with Gasteiger partial charge in [-0.15, -0.1) is 0 Å². The second-order valence-corrected chi connectivity index (χ2v) is 9.08. The molecule has 0 spiro atoms. The molecule has 9 nitrogen and oxygen atoms in total. The van der Waals surface area contributed by atoms with Crippen LogP contribution in [0.1, 0.15) is 34.3 Å². The molecule has 2 heterocycles. The van der Waals surface area contributed by atoms with Crippen molar-refractivity contribution in [1.29, 1.82) is 0 Å². The number of furan rings is 1. The third-order valence-electron chi connectivity index (χ3n) is 4.40. The van der Waals surface area contributed by atoms with E-state index < -0.39 is 27.9 Å². The largest absolute Gasteiger partial charge is 0.493 e. The first-order valence-corrected chi connectivity index (χ1v) is 11.8. The Bertz CT molecular complexity index is 1280. The van der Waals surface area contributed by atoms with Crippen LogP contribution in [0.15, 0.2) is 35.0 Å². The summed E-state index contributed by atoms with van der Waals surface area (Å²) in [7, 11) is -2.48. The number of carbonyl (C=O) groups excluding carboxylic acids is 2. The van der Waals surface area contributed by atoms with Crippen molar-refractivity contribution in [2.24, 2.45) is 0 Å². The summed E-state index contributed by atoms with van der Waals surface area (Å²) in [5.41, 5.74) is 0.443. The molecule has 0 fully saturated rings. The van der Waals surface area contributed by atoms with Gasteiger partial charge in [0.25, 0.3) is 16.0 Å². The Labute approximate surface area is 193 Å². The Morgan fingerprint density at radius 3 is 2.44 bits per heavy atom. The van der Waals surface area contributed by atoms with Gasteiger partial charge in [0.1, 0.15) is 6.10 Å². The second-order valence-electron chi connectivity index (χ2n) is 6.66. The highest BCUT2D eigenvalue weighted by molar-refractivity contribution is 7.86. The van der Waals surface area contributed by atoms with E-state index in [4.69, 9.17) is 36.5 Å². The number of ketones is 1. The maximum absolute atomic E-state index is 13.0. The van der Waals surface area contributed by atoms with Crippen LogP contribution in [0.3, 0.4) is 0 Å². The van der Waals surface area contributed by atoms with Crippen LogP contribution in [0.5, 0.6) is 5.75 Å². The third kappa shape index (κ3) is 5.04. The first-order chi connectivity index (χ1) is 15.1. The summed E-state index contributed by atoms with van der Waals surface area (Å²) in [6.45, 7) is 1.60. The number of methoxy groups -OCH3 is 1. The van der Waals surface area contributed by atoms with Crippen LogP contribution in [-0.2, 0) is 14.3 Å². The van der Waals surface area contributed by atoms with E-state index >= 15 is 0 Å². The molecule has 1 amide bonds. The van der Waals surface area contributed by atoms with E-state index in [0.29, 0.717) is 0 Å². The van der Waals surface area contributed by atoms with E-state index in [1.807, 2.05) is 0 Å². The first-order valence-electron chi connectivity index (χ1n) is 9.19. The van der Waals surface area contributed by atoms with Gasteiger partial charge in [0.05, 0.1) is 34.7 Å². The number of Topliss-reactive ketones (excluding diaryl/α,β-unsaturated/α-hetero) is 1. The molecule has 32 heavy (non-hydrogen) atoms. The van der Waals surface area contributed by atoms with Gasteiger partial charge in [-0.1, -0.05) is 30.1 Å². The molecule has 0 aliphatic rings. The molecule has 1 unspecified atom stereocenters. The van der Waals surface area contributed by atoms with Gasteiger partial charge >= 0.3 is 0 Å². The average Bonchev–Trinajstić information content (AvgIpc) is 3.18. The van der Waals surface area contributed by atoms with Crippen molar-refractivity contribution in [1.82, 2.24) is 4.98 Å². The molecular weight excluding hydrogens is 483 g/mol. The molecule has 0 radical (unpaired) electrons. The Morgan fingerprint density at radius 2 is 1.88 bits per heavy atom. The van der Waals surface area contributed by atoms with Crippen molar-refractivity contribution >= 4 is 61.7 Å². The molecular formula is C20H18Cl2N2O7S. The van der Waals surface area contributed by atoms with Crippen LogP contribution in [0.2, 0.25) is 10.0 Å². The van der Waals surface area contributed by atoms with Crippen molar-refractivity contribution in [2.45, 2.75) is 19.4 Å². The van der Waals surface area contributed by atoms with E-state index in [0.717, 1.165) is 6.26 Å². The average molecular weight is 501 g/mol.